The molecule has 5 heteroatoms. The molecule has 0 saturated carbocycles. The molecule has 2 N–H and O–H groups in total. The molecule has 0 saturated heterocycles. The lowest BCUT2D eigenvalue weighted by atomic mass is 9.99. The SMILES string of the molecule is CCc1cccc(CC)c1NC(=O)NCc1c2c(cc3c1OCC3)OCC2. The molecule has 0 aromatic heterocycles. The summed E-state index contributed by atoms with van der Waals surface area (Å²) in [6, 6.07) is 8.09. The van der Waals surface area contributed by atoms with E-state index in [0.29, 0.717) is 19.8 Å². The van der Waals surface area contributed by atoms with Crippen molar-refractivity contribution in [3.63, 3.8) is 0 Å². The number of anilines is 1. The fourth-order valence-electron chi connectivity index (χ4n) is 4.00. The molecule has 0 spiro atoms. The van der Waals surface area contributed by atoms with Gasteiger partial charge in [0.05, 0.1) is 13.2 Å². The van der Waals surface area contributed by atoms with Gasteiger partial charge in [-0.05, 0) is 30.0 Å². The van der Waals surface area contributed by atoms with Crippen LogP contribution in [0.5, 0.6) is 11.5 Å². The summed E-state index contributed by atoms with van der Waals surface area (Å²) in [6.07, 6.45) is 3.53. The Labute approximate surface area is 160 Å². The Kier molecular flexibility index (Phi) is 4.92. The first-order chi connectivity index (χ1) is 13.2. The Morgan fingerprint density at radius 3 is 2.56 bits per heavy atom. The van der Waals surface area contributed by atoms with Crippen LogP contribution in [0.25, 0.3) is 0 Å². The summed E-state index contributed by atoms with van der Waals surface area (Å²) in [6.45, 7) is 6.04. The lowest BCUT2D eigenvalue weighted by Gasteiger charge is -2.17. The van der Waals surface area contributed by atoms with E-state index in [9.17, 15) is 4.79 Å². The Morgan fingerprint density at radius 1 is 1.07 bits per heavy atom. The van der Waals surface area contributed by atoms with Crippen molar-refractivity contribution in [2.45, 2.75) is 46.1 Å². The van der Waals surface area contributed by atoms with Crippen LogP contribution >= 0.6 is 0 Å². The number of rotatable bonds is 5. The minimum atomic E-state index is -0.186. The van der Waals surface area contributed by atoms with E-state index < -0.39 is 0 Å². The minimum Gasteiger partial charge on any atom is -0.493 e. The second-order valence-corrected chi connectivity index (χ2v) is 6.98. The van der Waals surface area contributed by atoms with Gasteiger partial charge < -0.3 is 20.1 Å². The van der Waals surface area contributed by atoms with Gasteiger partial charge in [-0.2, -0.15) is 0 Å². The summed E-state index contributed by atoms with van der Waals surface area (Å²) >= 11 is 0. The lowest BCUT2D eigenvalue weighted by molar-refractivity contribution is 0.251. The summed E-state index contributed by atoms with van der Waals surface area (Å²) in [5.74, 6) is 1.88. The molecule has 0 fully saturated rings. The third-order valence-electron chi connectivity index (χ3n) is 5.42. The number of nitrogens with one attached hydrogen (secondary N) is 2. The van der Waals surface area contributed by atoms with Crippen molar-refractivity contribution in [1.29, 1.82) is 0 Å². The van der Waals surface area contributed by atoms with Gasteiger partial charge in [-0.1, -0.05) is 32.0 Å². The Hall–Kier alpha value is -2.69. The molecule has 2 aliphatic rings. The number of urea groups is 1. The third-order valence-corrected chi connectivity index (χ3v) is 5.42. The number of aryl methyl sites for hydroxylation is 2. The van der Waals surface area contributed by atoms with Crippen LogP contribution in [-0.2, 0) is 32.2 Å². The fourth-order valence-corrected chi connectivity index (χ4v) is 4.00. The van der Waals surface area contributed by atoms with E-state index in [1.165, 1.54) is 11.1 Å². The Bertz CT molecular complexity index is 822. The summed E-state index contributed by atoms with van der Waals surface area (Å²) in [7, 11) is 0. The third kappa shape index (κ3) is 3.34. The van der Waals surface area contributed by atoms with Crippen LogP contribution in [0, 0.1) is 0 Å². The van der Waals surface area contributed by atoms with E-state index in [-0.39, 0.29) is 6.03 Å². The van der Waals surface area contributed by atoms with E-state index in [2.05, 4.69) is 48.7 Å². The second-order valence-electron chi connectivity index (χ2n) is 6.98. The number of amides is 2. The highest BCUT2D eigenvalue weighted by atomic mass is 16.5. The molecule has 0 aliphatic carbocycles. The molecule has 2 aliphatic heterocycles. The molecule has 0 atom stereocenters. The standard InChI is InChI=1S/C22H26N2O3/c1-3-14-6-5-7-15(4-2)20(14)24-22(25)23-13-18-17-9-11-26-19(17)12-16-8-10-27-21(16)18/h5-7,12H,3-4,8-11,13H2,1-2H3,(H2,23,24,25). The number of para-hydroxylation sites is 1. The van der Waals surface area contributed by atoms with Crippen molar-refractivity contribution in [1.82, 2.24) is 5.32 Å². The number of fused-ring (bicyclic) bond motifs is 2. The van der Waals surface area contributed by atoms with Crippen LogP contribution in [0.2, 0.25) is 0 Å². The van der Waals surface area contributed by atoms with Crippen molar-refractivity contribution in [3.05, 3.63) is 52.1 Å². The minimum absolute atomic E-state index is 0.186. The molecule has 2 heterocycles. The molecule has 2 aromatic rings. The zero-order valence-corrected chi connectivity index (χ0v) is 16.0. The highest BCUT2D eigenvalue weighted by Crippen LogP contribution is 2.40. The van der Waals surface area contributed by atoms with E-state index in [1.54, 1.807) is 0 Å². The zero-order chi connectivity index (χ0) is 18.8. The Balaban J connectivity index is 1.52. The summed E-state index contributed by atoms with van der Waals surface area (Å²) in [5.41, 5.74) is 6.65. The van der Waals surface area contributed by atoms with E-state index in [1.807, 2.05) is 0 Å². The van der Waals surface area contributed by atoms with Gasteiger partial charge in [-0.15, -0.1) is 0 Å². The maximum Gasteiger partial charge on any atom is 0.319 e. The van der Waals surface area contributed by atoms with Crippen LogP contribution < -0.4 is 20.1 Å². The van der Waals surface area contributed by atoms with E-state index in [0.717, 1.165) is 59.6 Å². The van der Waals surface area contributed by atoms with Crippen molar-refractivity contribution in [2.75, 3.05) is 18.5 Å². The molecule has 27 heavy (non-hydrogen) atoms. The van der Waals surface area contributed by atoms with Crippen LogP contribution in [0.1, 0.15) is 41.7 Å². The lowest BCUT2D eigenvalue weighted by Crippen LogP contribution is -2.29. The quantitative estimate of drug-likeness (QED) is 0.841. The molecular weight excluding hydrogens is 340 g/mol. The van der Waals surface area contributed by atoms with Gasteiger partial charge in [0.1, 0.15) is 11.5 Å². The van der Waals surface area contributed by atoms with Gasteiger partial charge in [0.15, 0.2) is 0 Å². The highest BCUT2D eigenvalue weighted by molar-refractivity contribution is 5.91. The average Bonchev–Trinajstić information content (AvgIpc) is 3.34. The zero-order valence-electron chi connectivity index (χ0n) is 16.0. The second kappa shape index (κ2) is 7.51. The first-order valence-corrected chi connectivity index (χ1v) is 9.80. The number of carbonyl (C=O) groups excluding carboxylic acids is 1. The topological polar surface area (TPSA) is 59.6 Å². The molecule has 2 aromatic carbocycles. The smallest absolute Gasteiger partial charge is 0.319 e. The van der Waals surface area contributed by atoms with Gasteiger partial charge in [0.25, 0.3) is 0 Å². The number of hydrogen-bond donors (Lipinski definition) is 2. The maximum absolute atomic E-state index is 12.6. The average molecular weight is 366 g/mol. The van der Waals surface area contributed by atoms with E-state index in [4.69, 9.17) is 9.47 Å². The molecule has 0 unspecified atom stereocenters. The number of hydrogen-bond acceptors (Lipinski definition) is 3. The van der Waals surface area contributed by atoms with Crippen molar-refractivity contribution < 1.29 is 14.3 Å². The van der Waals surface area contributed by atoms with Gasteiger partial charge in [0.2, 0.25) is 0 Å². The number of benzene rings is 2. The van der Waals surface area contributed by atoms with Crippen LogP contribution in [0.15, 0.2) is 24.3 Å². The number of ether oxygens (including phenoxy) is 2. The molecule has 5 nitrogen and oxygen atoms in total. The molecule has 142 valence electrons. The van der Waals surface area contributed by atoms with Crippen molar-refractivity contribution in [2.24, 2.45) is 0 Å². The van der Waals surface area contributed by atoms with Gasteiger partial charge in [-0.3, -0.25) is 0 Å². The normalized spacial score (nSPS) is 14.1. The number of carbonyl (C=O) groups is 1. The predicted molar refractivity (Wildman–Crippen MR) is 106 cm³/mol. The summed E-state index contributed by atoms with van der Waals surface area (Å²) in [4.78, 5) is 12.6. The molecule has 2 amide bonds. The molecular formula is C22H26N2O3. The molecule has 0 radical (unpaired) electrons. The van der Waals surface area contributed by atoms with Crippen molar-refractivity contribution in [3.8, 4) is 11.5 Å². The molecule has 4 rings (SSSR count). The monoisotopic (exact) mass is 366 g/mol. The van der Waals surface area contributed by atoms with Crippen LogP contribution in [0.3, 0.4) is 0 Å². The Morgan fingerprint density at radius 2 is 1.81 bits per heavy atom. The van der Waals surface area contributed by atoms with Gasteiger partial charge in [0, 0.05) is 41.8 Å². The summed E-state index contributed by atoms with van der Waals surface area (Å²) < 4.78 is 11.6. The maximum atomic E-state index is 12.6. The van der Waals surface area contributed by atoms with E-state index >= 15 is 0 Å². The van der Waals surface area contributed by atoms with Crippen LogP contribution in [0.4, 0.5) is 10.5 Å². The summed E-state index contributed by atoms with van der Waals surface area (Å²) in [5, 5.41) is 6.09. The van der Waals surface area contributed by atoms with Gasteiger partial charge in [-0.25, -0.2) is 4.79 Å². The fraction of sp³-hybridized carbons (Fsp3) is 0.409. The van der Waals surface area contributed by atoms with Crippen molar-refractivity contribution >= 4 is 11.7 Å². The van der Waals surface area contributed by atoms with Gasteiger partial charge >= 0.3 is 6.03 Å². The first-order valence-electron chi connectivity index (χ1n) is 9.80. The highest BCUT2D eigenvalue weighted by Gasteiger charge is 2.26. The largest absolute Gasteiger partial charge is 0.493 e. The first kappa shape index (κ1) is 17.7. The predicted octanol–water partition coefficient (Wildman–Crippen LogP) is 4.00. The van der Waals surface area contributed by atoms with Crippen LogP contribution in [-0.4, -0.2) is 19.2 Å². The molecule has 0 bridgehead atoms.